The second kappa shape index (κ2) is 11.4. The van der Waals surface area contributed by atoms with Crippen LogP contribution in [0.25, 0.3) is 0 Å². The molecule has 2 aromatic carbocycles. The minimum Gasteiger partial charge on any atom is -0.493 e. The van der Waals surface area contributed by atoms with Crippen molar-refractivity contribution in [3.63, 3.8) is 0 Å². The van der Waals surface area contributed by atoms with E-state index in [1.807, 2.05) is 12.1 Å². The zero-order valence-corrected chi connectivity index (χ0v) is 23.4. The first-order valence-corrected chi connectivity index (χ1v) is 13.4. The lowest BCUT2D eigenvalue weighted by Crippen LogP contribution is -2.47. The van der Waals surface area contributed by atoms with Gasteiger partial charge in [-0.1, -0.05) is 45.0 Å². The second-order valence-electron chi connectivity index (χ2n) is 10.00. The third kappa shape index (κ3) is 5.62. The van der Waals surface area contributed by atoms with E-state index in [-0.39, 0.29) is 29.1 Å². The van der Waals surface area contributed by atoms with Gasteiger partial charge in [0.2, 0.25) is 11.7 Å². The van der Waals surface area contributed by atoms with Gasteiger partial charge in [0.15, 0.2) is 11.5 Å². The normalized spacial score (nSPS) is 17.3. The van der Waals surface area contributed by atoms with Crippen LogP contribution < -0.4 is 19.5 Å². The molecule has 0 spiro atoms. The largest absolute Gasteiger partial charge is 0.493 e. The highest BCUT2D eigenvalue weighted by Crippen LogP contribution is 2.44. The van der Waals surface area contributed by atoms with Gasteiger partial charge in [0.1, 0.15) is 17.2 Å². The molecule has 202 valence electrons. The summed E-state index contributed by atoms with van der Waals surface area (Å²) in [6.45, 7) is 6.72. The molecule has 9 heteroatoms. The van der Waals surface area contributed by atoms with E-state index in [0.717, 1.165) is 5.56 Å². The third-order valence-electron chi connectivity index (χ3n) is 6.53. The summed E-state index contributed by atoms with van der Waals surface area (Å²) in [5.41, 5.74) is 2.48. The van der Waals surface area contributed by atoms with Gasteiger partial charge in [0, 0.05) is 11.3 Å². The number of nitrogens with zero attached hydrogens (tertiary/aromatic N) is 1. The molecule has 0 bridgehead atoms. The molecule has 1 fully saturated rings. The number of rotatable bonds is 8. The lowest BCUT2D eigenvalue weighted by molar-refractivity contribution is -0.125. The van der Waals surface area contributed by atoms with Crippen LogP contribution in [0.15, 0.2) is 59.2 Å². The van der Waals surface area contributed by atoms with Crippen LogP contribution in [0.5, 0.6) is 17.2 Å². The fraction of sp³-hybridized carbons (Fsp3) is 0.379. The molecule has 0 aliphatic carbocycles. The number of nitrogens with one attached hydrogen (secondary N) is 1. The van der Waals surface area contributed by atoms with Crippen molar-refractivity contribution in [2.75, 3.05) is 27.1 Å². The van der Waals surface area contributed by atoms with Crippen molar-refractivity contribution in [1.82, 2.24) is 10.2 Å². The number of hydrogen-bond acceptors (Lipinski definition) is 7. The first kappa shape index (κ1) is 27.4. The summed E-state index contributed by atoms with van der Waals surface area (Å²) in [7, 11) is 4.51. The van der Waals surface area contributed by atoms with Crippen molar-refractivity contribution >= 4 is 23.6 Å². The Kier molecular flexibility index (Phi) is 8.26. The molecule has 2 amide bonds. The number of thioether (sulfide) groups is 1. The number of carbonyl (C=O) groups excluding carboxylic acids is 2. The highest BCUT2D eigenvalue weighted by atomic mass is 32.2. The zero-order chi connectivity index (χ0) is 27.4. The summed E-state index contributed by atoms with van der Waals surface area (Å²) in [4.78, 5) is 29.1. The molecule has 1 aromatic heterocycles. The van der Waals surface area contributed by atoms with E-state index in [1.165, 1.54) is 26.9 Å². The molecule has 1 aliphatic rings. The number of furan rings is 1. The summed E-state index contributed by atoms with van der Waals surface area (Å²) >= 11 is 1.56. The maximum Gasteiger partial charge on any atom is 0.256 e. The van der Waals surface area contributed by atoms with Crippen molar-refractivity contribution in [1.29, 1.82) is 0 Å². The monoisotopic (exact) mass is 538 g/mol. The minimum atomic E-state index is -0.686. The van der Waals surface area contributed by atoms with Crippen LogP contribution in [0.1, 0.15) is 53.4 Å². The van der Waals surface area contributed by atoms with Crippen LogP contribution in [-0.2, 0) is 16.8 Å². The van der Waals surface area contributed by atoms with Crippen LogP contribution in [0.3, 0.4) is 0 Å². The summed E-state index contributed by atoms with van der Waals surface area (Å²) in [5, 5.41) is 2.57. The molecule has 0 radical (unpaired) electrons. The molecule has 1 aliphatic heterocycles. The van der Waals surface area contributed by atoms with E-state index in [2.05, 4.69) is 38.2 Å². The van der Waals surface area contributed by atoms with Crippen LogP contribution in [-0.4, -0.2) is 49.8 Å². The zero-order valence-electron chi connectivity index (χ0n) is 22.6. The van der Waals surface area contributed by atoms with Crippen molar-refractivity contribution in [2.45, 2.75) is 44.1 Å². The Morgan fingerprint density at radius 1 is 1.03 bits per heavy atom. The Hall–Kier alpha value is -3.59. The molecule has 2 unspecified atom stereocenters. The van der Waals surface area contributed by atoms with Gasteiger partial charge in [0.05, 0.1) is 34.1 Å². The van der Waals surface area contributed by atoms with Gasteiger partial charge < -0.3 is 28.8 Å². The van der Waals surface area contributed by atoms with Gasteiger partial charge >= 0.3 is 0 Å². The van der Waals surface area contributed by atoms with Crippen molar-refractivity contribution in [3.8, 4) is 17.2 Å². The van der Waals surface area contributed by atoms with E-state index in [4.69, 9.17) is 18.6 Å². The number of amides is 2. The highest BCUT2D eigenvalue weighted by Gasteiger charge is 2.43. The molecule has 1 N–H and O–H groups in total. The number of methoxy groups -OCH3 is 3. The van der Waals surface area contributed by atoms with E-state index < -0.39 is 6.04 Å². The van der Waals surface area contributed by atoms with Gasteiger partial charge in [-0.2, -0.15) is 0 Å². The fourth-order valence-corrected chi connectivity index (χ4v) is 5.85. The van der Waals surface area contributed by atoms with E-state index in [9.17, 15) is 9.59 Å². The fourth-order valence-electron chi connectivity index (χ4n) is 4.42. The summed E-state index contributed by atoms with van der Waals surface area (Å²) in [6, 6.07) is 14.4. The van der Waals surface area contributed by atoms with Crippen LogP contribution in [0.4, 0.5) is 0 Å². The molecule has 2 atom stereocenters. The Balaban J connectivity index is 1.70. The molecule has 0 saturated carbocycles. The van der Waals surface area contributed by atoms with Gasteiger partial charge in [-0.3, -0.25) is 9.59 Å². The van der Waals surface area contributed by atoms with Crippen molar-refractivity contribution in [2.24, 2.45) is 0 Å². The molecule has 3 aromatic rings. The number of carbonyl (C=O) groups is 2. The van der Waals surface area contributed by atoms with Crippen LogP contribution in [0, 0.1) is 0 Å². The van der Waals surface area contributed by atoms with Crippen LogP contribution in [0.2, 0.25) is 0 Å². The number of benzene rings is 2. The topological polar surface area (TPSA) is 90.2 Å². The minimum absolute atomic E-state index is 0.00132. The number of hydrogen-bond donors (Lipinski definition) is 1. The smallest absolute Gasteiger partial charge is 0.256 e. The van der Waals surface area contributed by atoms with E-state index in [1.54, 1.807) is 47.2 Å². The lowest BCUT2D eigenvalue weighted by atomic mass is 9.86. The van der Waals surface area contributed by atoms with Gasteiger partial charge in [-0.05, 0) is 40.8 Å². The Labute approximate surface area is 227 Å². The Bertz CT molecular complexity index is 1240. The SMILES string of the molecule is COc1cc(C(=O)N2C(C(=O)NCc3ccco3)CSC2c2ccc(C(C)(C)C)cc2)cc(OC)c1OC. The Morgan fingerprint density at radius 3 is 2.21 bits per heavy atom. The average molecular weight is 539 g/mol. The summed E-state index contributed by atoms with van der Waals surface area (Å²) in [5.74, 6) is 1.66. The molecule has 8 nitrogen and oxygen atoms in total. The highest BCUT2D eigenvalue weighted by molar-refractivity contribution is 7.99. The van der Waals surface area contributed by atoms with Crippen LogP contribution >= 0.6 is 11.8 Å². The molecule has 2 heterocycles. The second-order valence-corrected chi connectivity index (χ2v) is 11.1. The maximum absolute atomic E-state index is 14.1. The summed E-state index contributed by atoms with van der Waals surface area (Å²) in [6.07, 6.45) is 1.56. The standard InChI is InChI=1S/C29H34N2O6S/c1-29(2,3)20-11-9-18(10-12-20)28-31(22(17-38-28)26(32)30-16-21-8-7-13-37-21)27(33)19-14-23(34-4)25(36-6)24(15-19)35-5/h7-15,22,28H,16-17H2,1-6H3,(H,30,32). The molecule has 38 heavy (non-hydrogen) atoms. The van der Waals surface area contributed by atoms with E-state index in [0.29, 0.717) is 34.3 Å². The predicted octanol–water partition coefficient (Wildman–Crippen LogP) is 5.18. The van der Waals surface area contributed by atoms with Gasteiger partial charge in [-0.25, -0.2) is 0 Å². The predicted molar refractivity (Wildman–Crippen MR) is 147 cm³/mol. The van der Waals surface area contributed by atoms with Crippen molar-refractivity contribution < 1.29 is 28.2 Å². The number of ether oxygens (including phenoxy) is 3. The molecule has 4 rings (SSSR count). The quantitative estimate of drug-likeness (QED) is 0.423. The third-order valence-corrected chi connectivity index (χ3v) is 7.85. The lowest BCUT2D eigenvalue weighted by Gasteiger charge is -2.30. The first-order valence-electron chi connectivity index (χ1n) is 12.3. The summed E-state index contributed by atoms with van der Waals surface area (Å²) < 4.78 is 21.7. The average Bonchev–Trinajstić information content (AvgIpc) is 3.60. The molecule has 1 saturated heterocycles. The first-order chi connectivity index (χ1) is 18.2. The van der Waals surface area contributed by atoms with Gasteiger partial charge in [-0.15, -0.1) is 11.8 Å². The van der Waals surface area contributed by atoms with Crippen molar-refractivity contribution in [3.05, 3.63) is 77.2 Å². The molecular weight excluding hydrogens is 504 g/mol. The van der Waals surface area contributed by atoms with E-state index >= 15 is 0 Å². The maximum atomic E-state index is 14.1. The Morgan fingerprint density at radius 2 is 1.68 bits per heavy atom. The molecular formula is C29H34N2O6S. The van der Waals surface area contributed by atoms with Gasteiger partial charge in [0.25, 0.3) is 5.91 Å².